The maximum atomic E-state index is 4.91. The Morgan fingerprint density at radius 2 is 1.90 bits per heavy atom. The number of hydrogen-bond donors (Lipinski definition) is 1. The first-order valence-corrected chi connectivity index (χ1v) is 10.5. The molecule has 0 bridgehead atoms. The van der Waals surface area contributed by atoms with Crippen LogP contribution in [0.2, 0.25) is 0 Å². The number of aromatic nitrogens is 4. The van der Waals surface area contributed by atoms with Gasteiger partial charge in [-0.3, -0.25) is 4.90 Å². The van der Waals surface area contributed by atoms with Gasteiger partial charge in [0, 0.05) is 18.9 Å². The van der Waals surface area contributed by atoms with Crippen molar-refractivity contribution in [2.45, 2.75) is 39.3 Å². The Hall–Kier alpha value is -3.25. The zero-order valence-electron chi connectivity index (χ0n) is 17.4. The molecule has 5 rings (SSSR count). The van der Waals surface area contributed by atoms with Crippen molar-refractivity contribution < 1.29 is 0 Å². The molecule has 1 fully saturated rings. The van der Waals surface area contributed by atoms with Crippen molar-refractivity contribution in [1.29, 1.82) is 0 Å². The first kappa shape index (κ1) is 18.8. The van der Waals surface area contributed by atoms with E-state index >= 15 is 0 Å². The van der Waals surface area contributed by atoms with Crippen LogP contribution in [0.4, 0.5) is 11.6 Å². The normalized spacial score (nSPS) is 16.9. The van der Waals surface area contributed by atoms with Gasteiger partial charge in [-0.2, -0.15) is 0 Å². The molecule has 0 spiro atoms. The second-order valence-electron chi connectivity index (χ2n) is 7.94. The molecule has 1 aliphatic rings. The minimum absolute atomic E-state index is 0.310. The Morgan fingerprint density at radius 3 is 2.77 bits per heavy atom. The number of imidazole rings is 1. The maximum absolute atomic E-state index is 4.91. The van der Waals surface area contributed by atoms with Gasteiger partial charge >= 0.3 is 0 Å². The maximum Gasteiger partial charge on any atom is 0.140 e. The van der Waals surface area contributed by atoms with Crippen LogP contribution in [0.25, 0.3) is 5.65 Å². The lowest BCUT2D eigenvalue weighted by atomic mass is 10.1. The fourth-order valence-electron chi connectivity index (χ4n) is 4.37. The third-order valence-corrected chi connectivity index (χ3v) is 5.89. The first-order valence-electron chi connectivity index (χ1n) is 10.5. The molecule has 5 heterocycles. The standard InChI is InChI=1S/C24H26N6/c1-17-8-6-15-30-21(18(2)26-24(17)30)16-29-14-7-10-20(29)19-9-5-12-23(27-19)28-22-11-3-4-13-25-22/h3-6,8-9,11-13,15,20H,7,10,14,16H2,1-2H3,(H,25,27,28)/t20-/m0/s1. The van der Waals surface area contributed by atoms with E-state index < -0.39 is 0 Å². The minimum atomic E-state index is 0.310. The van der Waals surface area contributed by atoms with Crippen molar-refractivity contribution in [3.63, 3.8) is 0 Å². The van der Waals surface area contributed by atoms with Crippen molar-refractivity contribution >= 4 is 17.3 Å². The largest absolute Gasteiger partial charge is 0.325 e. The van der Waals surface area contributed by atoms with Gasteiger partial charge in [-0.15, -0.1) is 0 Å². The van der Waals surface area contributed by atoms with Crippen LogP contribution in [0.1, 0.15) is 41.5 Å². The van der Waals surface area contributed by atoms with Crippen LogP contribution in [0, 0.1) is 13.8 Å². The molecule has 0 radical (unpaired) electrons. The highest BCUT2D eigenvalue weighted by molar-refractivity contribution is 5.52. The fourth-order valence-corrected chi connectivity index (χ4v) is 4.37. The van der Waals surface area contributed by atoms with E-state index in [0.717, 1.165) is 48.2 Å². The molecular weight excluding hydrogens is 372 g/mol. The number of nitrogens with one attached hydrogen (secondary N) is 1. The molecule has 0 unspecified atom stereocenters. The average molecular weight is 399 g/mol. The summed E-state index contributed by atoms with van der Waals surface area (Å²) in [5, 5.41) is 3.31. The van der Waals surface area contributed by atoms with Crippen molar-refractivity contribution in [3.8, 4) is 0 Å². The van der Waals surface area contributed by atoms with Gasteiger partial charge in [0.1, 0.15) is 17.3 Å². The van der Waals surface area contributed by atoms with Crippen molar-refractivity contribution in [2.24, 2.45) is 0 Å². The lowest BCUT2D eigenvalue weighted by Gasteiger charge is -2.24. The summed E-state index contributed by atoms with van der Waals surface area (Å²) in [4.78, 5) is 16.6. The van der Waals surface area contributed by atoms with E-state index in [4.69, 9.17) is 9.97 Å². The van der Waals surface area contributed by atoms with Gasteiger partial charge < -0.3 is 9.72 Å². The predicted octanol–water partition coefficient (Wildman–Crippen LogP) is 4.82. The van der Waals surface area contributed by atoms with E-state index in [2.05, 4.69) is 63.9 Å². The second-order valence-corrected chi connectivity index (χ2v) is 7.94. The monoisotopic (exact) mass is 398 g/mol. The number of hydrogen-bond acceptors (Lipinski definition) is 5. The molecule has 4 aromatic rings. The summed E-state index contributed by atoms with van der Waals surface area (Å²) in [5.41, 5.74) is 5.74. The minimum Gasteiger partial charge on any atom is -0.325 e. The quantitative estimate of drug-likeness (QED) is 0.522. The van der Waals surface area contributed by atoms with Crippen LogP contribution >= 0.6 is 0 Å². The molecule has 1 atom stereocenters. The summed E-state index contributed by atoms with van der Waals surface area (Å²) < 4.78 is 2.24. The number of likely N-dealkylation sites (tertiary alicyclic amines) is 1. The lowest BCUT2D eigenvalue weighted by Crippen LogP contribution is -2.24. The van der Waals surface area contributed by atoms with Gasteiger partial charge in [0.05, 0.1) is 23.1 Å². The van der Waals surface area contributed by atoms with E-state index in [1.54, 1.807) is 6.20 Å². The Labute approximate surface area is 176 Å². The highest BCUT2D eigenvalue weighted by atomic mass is 15.2. The molecule has 6 nitrogen and oxygen atoms in total. The Morgan fingerprint density at radius 1 is 1.00 bits per heavy atom. The molecular formula is C24H26N6. The molecule has 0 aliphatic carbocycles. The molecule has 0 saturated carbocycles. The third-order valence-electron chi connectivity index (χ3n) is 5.89. The van der Waals surface area contributed by atoms with Gasteiger partial charge in [-0.05, 0) is 69.1 Å². The highest BCUT2D eigenvalue weighted by Crippen LogP contribution is 2.33. The Kier molecular flexibility index (Phi) is 4.93. The summed E-state index contributed by atoms with van der Waals surface area (Å²) in [6.07, 6.45) is 6.21. The van der Waals surface area contributed by atoms with Crippen molar-refractivity contribution in [2.75, 3.05) is 11.9 Å². The Bertz CT molecular complexity index is 1170. The van der Waals surface area contributed by atoms with Gasteiger partial charge in [-0.25, -0.2) is 15.0 Å². The third kappa shape index (κ3) is 3.55. The van der Waals surface area contributed by atoms with Crippen molar-refractivity contribution in [1.82, 2.24) is 24.3 Å². The van der Waals surface area contributed by atoms with E-state index in [1.165, 1.54) is 17.7 Å². The van der Waals surface area contributed by atoms with E-state index in [9.17, 15) is 0 Å². The van der Waals surface area contributed by atoms with Gasteiger partial charge in [-0.1, -0.05) is 18.2 Å². The van der Waals surface area contributed by atoms with Crippen LogP contribution < -0.4 is 5.32 Å². The first-order chi connectivity index (χ1) is 14.7. The molecule has 1 aliphatic heterocycles. The number of fused-ring (bicyclic) bond motifs is 1. The number of nitrogens with zero attached hydrogens (tertiary/aromatic N) is 5. The number of rotatable bonds is 5. The summed E-state index contributed by atoms with van der Waals surface area (Å²) in [6.45, 7) is 6.18. The van der Waals surface area contributed by atoms with Crippen LogP contribution in [0.3, 0.4) is 0 Å². The van der Waals surface area contributed by atoms with E-state index in [1.807, 2.05) is 24.3 Å². The van der Waals surface area contributed by atoms with Gasteiger partial charge in [0.2, 0.25) is 0 Å². The summed E-state index contributed by atoms with van der Waals surface area (Å²) >= 11 is 0. The van der Waals surface area contributed by atoms with Gasteiger partial charge in [0.15, 0.2) is 0 Å². The Balaban J connectivity index is 1.40. The lowest BCUT2D eigenvalue weighted by molar-refractivity contribution is 0.240. The molecule has 0 aromatic carbocycles. The average Bonchev–Trinajstić information content (AvgIpc) is 3.35. The summed E-state index contributed by atoms with van der Waals surface area (Å²) in [7, 11) is 0. The zero-order valence-corrected chi connectivity index (χ0v) is 17.4. The van der Waals surface area contributed by atoms with E-state index in [-0.39, 0.29) is 0 Å². The molecule has 1 N–H and O–H groups in total. The summed E-state index contributed by atoms with van der Waals surface area (Å²) in [5.74, 6) is 1.64. The van der Waals surface area contributed by atoms with Crippen LogP contribution in [-0.4, -0.2) is 30.8 Å². The topological polar surface area (TPSA) is 58.4 Å². The predicted molar refractivity (Wildman–Crippen MR) is 119 cm³/mol. The molecule has 30 heavy (non-hydrogen) atoms. The SMILES string of the molecule is Cc1nc2c(C)cccn2c1CN1CCC[C@H]1c1cccc(Nc2ccccn2)n1. The number of pyridine rings is 3. The number of aryl methyl sites for hydroxylation is 2. The fraction of sp³-hybridized carbons (Fsp3) is 0.292. The molecule has 4 aromatic heterocycles. The van der Waals surface area contributed by atoms with Crippen molar-refractivity contribution in [3.05, 3.63) is 83.6 Å². The van der Waals surface area contributed by atoms with E-state index in [0.29, 0.717) is 6.04 Å². The van der Waals surface area contributed by atoms with Crippen LogP contribution in [0.15, 0.2) is 60.9 Å². The smallest absolute Gasteiger partial charge is 0.140 e. The second kappa shape index (κ2) is 7.88. The highest BCUT2D eigenvalue weighted by Gasteiger charge is 2.28. The molecule has 6 heteroatoms. The molecule has 1 saturated heterocycles. The zero-order chi connectivity index (χ0) is 20.5. The molecule has 0 amide bonds. The van der Waals surface area contributed by atoms with Crippen LogP contribution in [0.5, 0.6) is 0 Å². The number of anilines is 2. The summed E-state index contributed by atoms with van der Waals surface area (Å²) in [6, 6.07) is 16.6. The molecule has 152 valence electrons. The van der Waals surface area contributed by atoms with Gasteiger partial charge in [0.25, 0.3) is 0 Å². The van der Waals surface area contributed by atoms with Crippen LogP contribution in [-0.2, 0) is 6.54 Å².